The van der Waals surface area contributed by atoms with Gasteiger partial charge in [-0.2, -0.15) is 5.10 Å². The lowest BCUT2D eigenvalue weighted by Gasteiger charge is -2.35. The molecule has 2 heterocycles. The lowest BCUT2D eigenvalue weighted by atomic mass is 10.1. The molecular weight excluding hydrogens is 364 g/mol. The van der Waals surface area contributed by atoms with Crippen LogP contribution < -0.4 is 0 Å². The highest BCUT2D eigenvalue weighted by molar-refractivity contribution is 7.91. The van der Waals surface area contributed by atoms with Gasteiger partial charge in [-0.3, -0.25) is 9.48 Å². The molecule has 3 rings (SSSR count). The van der Waals surface area contributed by atoms with E-state index in [0.29, 0.717) is 12.1 Å². The predicted molar refractivity (Wildman–Crippen MR) is 91.1 cm³/mol. The molecule has 0 spiro atoms. The van der Waals surface area contributed by atoms with Crippen LogP contribution in [0.2, 0.25) is 0 Å². The third-order valence-electron chi connectivity index (χ3n) is 4.49. The van der Waals surface area contributed by atoms with Gasteiger partial charge in [-0.05, 0) is 13.0 Å². The molecule has 6 nitrogen and oxygen atoms in total. The largest absolute Gasteiger partial charge is 0.333 e. The molecule has 1 aromatic heterocycles. The quantitative estimate of drug-likeness (QED) is 0.806. The number of carbonyl (C=O) groups is 1. The Bertz CT molecular complexity index is 927. The molecule has 0 saturated carbocycles. The van der Waals surface area contributed by atoms with E-state index in [-0.39, 0.29) is 30.0 Å². The molecule has 1 atom stereocenters. The number of carbonyl (C=O) groups excluding carboxylic acids is 1. The smallest absolute Gasteiger partial charge is 0.227 e. The van der Waals surface area contributed by atoms with E-state index in [1.807, 2.05) is 6.92 Å². The van der Waals surface area contributed by atoms with E-state index < -0.39 is 33.4 Å². The van der Waals surface area contributed by atoms with Gasteiger partial charge in [0.05, 0.1) is 30.2 Å². The van der Waals surface area contributed by atoms with E-state index in [9.17, 15) is 22.0 Å². The zero-order chi connectivity index (χ0) is 18.9. The minimum Gasteiger partial charge on any atom is -0.333 e. The van der Waals surface area contributed by atoms with Gasteiger partial charge in [-0.25, -0.2) is 17.2 Å². The fraction of sp³-hybridized carbons (Fsp3) is 0.412. The third kappa shape index (κ3) is 3.77. The molecule has 1 saturated heterocycles. The molecule has 26 heavy (non-hydrogen) atoms. The van der Waals surface area contributed by atoms with Crippen molar-refractivity contribution >= 4 is 15.7 Å². The Hall–Kier alpha value is -2.29. The Balaban J connectivity index is 1.87. The number of rotatable bonds is 4. The summed E-state index contributed by atoms with van der Waals surface area (Å²) in [6, 6.07) is 2.99. The summed E-state index contributed by atoms with van der Waals surface area (Å²) in [5, 5.41) is 4.14. The van der Waals surface area contributed by atoms with Crippen LogP contribution in [0.5, 0.6) is 0 Å². The number of benzene rings is 1. The normalized spacial score (nSPS) is 19.5. The van der Waals surface area contributed by atoms with Crippen molar-refractivity contribution in [3.8, 4) is 0 Å². The summed E-state index contributed by atoms with van der Waals surface area (Å²) < 4.78 is 53.0. The van der Waals surface area contributed by atoms with Gasteiger partial charge in [-0.15, -0.1) is 0 Å². The molecule has 0 N–H and O–H groups in total. The molecule has 0 bridgehead atoms. The van der Waals surface area contributed by atoms with Gasteiger partial charge in [0.25, 0.3) is 0 Å². The van der Waals surface area contributed by atoms with Gasteiger partial charge in [0.2, 0.25) is 5.91 Å². The number of aryl methyl sites for hydroxylation is 1. The van der Waals surface area contributed by atoms with Crippen LogP contribution in [-0.4, -0.2) is 47.1 Å². The van der Waals surface area contributed by atoms with Crippen molar-refractivity contribution in [2.45, 2.75) is 25.9 Å². The molecule has 1 amide bonds. The first-order valence-electron chi connectivity index (χ1n) is 8.26. The topological polar surface area (TPSA) is 72.3 Å². The van der Waals surface area contributed by atoms with Crippen LogP contribution in [0.4, 0.5) is 8.78 Å². The van der Waals surface area contributed by atoms with Crippen molar-refractivity contribution < 1.29 is 22.0 Å². The van der Waals surface area contributed by atoms with Crippen LogP contribution in [0.15, 0.2) is 30.6 Å². The first kappa shape index (κ1) is 18.5. The number of hydrogen-bond donors (Lipinski definition) is 0. The van der Waals surface area contributed by atoms with Crippen molar-refractivity contribution in [1.82, 2.24) is 14.7 Å². The summed E-state index contributed by atoms with van der Waals surface area (Å²) >= 11 is 0. The molecular formula is C17H19F2N3O3S. The summed E-state index contributed by atoms with van der Waals surface area (Å²) in [5.41, 5.74) is 0.564. The minimum atomic E-state index is -3.30. The molecule has 1 fully saturated rings. The van der Waals surface area contributed by atoms with E-state index in [2.05, 4.69) is 5.10 Å². The standard InChI is InChI=1S/C17H19F2N3O3S/c1-2-21-10-13(9-20-21)15-11-26(24,25)7-6-22(15)16(23)8-12-4-3-5-14(18)17(12)19/h3-5,9-10,15H,2,6-8,11H2,1H3. The number of halogens is 2. The zero-order valence-corrected chi connectivity index (χ0v) is 15.0. The second-order valence-electron chi connectivity index (χ2n) is 6.24. The Morgan fingerprint density at radius 2 is 2.12 bits per heavy atom. The molecule has 1 aliphatic heterocycles. The Morgan fingerprint density at radius 3 is 2.81 bits per heavy atom. The number of amides is 1. The average molecular weight is 383 g/mol. The maximum atomic E-state index is 13.9. The highest BCUT2D eigenvalue weighted by Gasteiger charge is 2.36. The van der Waals surface area contributed by atoms with E-state index in [1.165, 1.54) is 23.2 Å². The molecule has 2 aromatic rings. The van der Waals surface area contributed by atoms with Crippen molar-refractivity contribution in [2.24, 2.45) is 0 Å². The number of aromatic nitrogens is 2. The second kappa shape index (κ2) is 7.14. The lowest BCUT2D eigenvalue weighted by molar-refractivity contribution is -0.132. The van der Waals surface area contributed by atoms with Crippen LogP contribution in [0.1, 0.15) is 24.1 Å². The molecule has 1 aliphatic rings. The van der Waals surface area contributed by atoms with Gasteiger partial charge in [0.15, 0.2) is 21.5 Å². The van der Waals surface area contributed by atoms with E-state index >= 15 is 0 Å². The first-order valence-corrected chi connectivity index (χ1v) is 10.1. The van der Waals surface area contributed by atoms with E-state index in [1.54, 1.807) is 10.9 Å². The van der Waals surface area contributed by atoms with Crippen LogP contribution in [0.25, 0.3) is 0 Å². The minimum absolute atomic E-state index is 0.0140. The fourth-order valence-corrected chi connectivity index (χ4v) is 4.55. The van der Waals surface area contributed by atoms with E-state index in [4.69, 9.17) is 0 Å². The fourth-order valence-electron chi connectivity index (χ4n) is 3.06. The Morgan fingerprint density at radius 1 is 1.35 bits per heavy atom. The molecule has 9 heteroatoms. The summed E-state index contributed by atoms with van der Waals surface area (Å²) in [4.78, 5) is 14.1. The third-order valence-corrected chi connectivity index (χ3v) is 6.11. The summed E-state index contributed by atoms with van der Waals surface area (Å²) in [5.74, 6) is -2.88. The SMILES string of the molecule is CCn1cc(C2CS(=O)(=O)CCN2C(=O)Cc2cccc(F)c2F)cn1. The van der Waals surface area contributed by atoms with Gasteiger partial charge < -0.3 is 4.90 Å². The Kier molecular flexibility index (Phi) is 5.08. The maximum Gasteiger partial charge on any atom is 0.227 e. The highest BCUT2D eigenvalue weighted by atomic mass is 32.2. The Labute approximate surface area is 150 Å². The van der Waals surface area contributed by atoms with Crippen LogP contribution in [0.3, 0.4) is 0 Å². The van der Waals surface area contributed by atoms with Gasteiger partial charge >= 0.3 is 0 Å². The van der Waals surface area contributed by atoms with E-state index in [0.717, 1.165) is 6.07 Å². The maximum absolute atomic E-state index is 13.9. The highest BCUT2D eigenvalue weighted by Crippen LogP contribution is 2.27. The molecule has 1 unspecified atom stereocenters. The van der Waals surface area contributed by atoms with Gasteiger partial charge in [0, 0.05) is 30.4 Å². The summed E-state index contributed by atoms with van der Waals surface area (Å²) in [7, 11) is -3.30. The van der Waals surface area contributed by atoms with Crippen LogP contribution in [-0.2, 0) is 27.6 Å². The van der Waals surface area contributed by atoms with Crippen molar-refractivity contribution in [3.05, 3.63) is 53.4 Å². The average Bonchev–Trinajstić information content (AvgIpc) is 3.07. The van der Waals surface area contributed by atoms with Crippen LogP contribution >= 0.6 is 0 Å². The number of hydrogen-bond acceptors (Lipinski definition) is 4. The predicted octanol–water partition coefficient (Wildman–Crippen LogP) is 1.72. The van der Waals surface area contributed by atoms with Crippen molar-refractivity contribution in [3.63, 3.8) is 0 Å². The number of sulfone groups is 1. The molecule has 140 valence electrons. The van der Waals surface area contributed by atoms with Gasteiger partial charge in [0.1, 0.15) is 0 Å². The summed E-state index contributed by atoms with van der Waals surface area (Å²) in [6.45, 7) is 2.52. The number of nitrogens with zero attached hydrogens (tertiary/aromatic N) is 3. The molecule has 0 radical (unpaired) electrons. The first-order chi connectivity index (χ1) is 12.3. The zero-order valence-electron chi connectivity index (χ0n) is 14.2. The van der Waals surface area contributed by atoms with Crippen LogP contribution in [0, 0.1) is 11.6 Å². The van der Waals surface area contributed by atoms with Crippen molar-refractivity contribution in [2.75, 3.05) is 18.1 Å². The second-order valence-corrected chi connectivity index (χ2v) is 8.47. The lowest BCUT2D eigenvalue weighted by Crippen LogP contribution is -2.46. The van der Waals surface area contributed by atoms with Gasteiger partial charge in [-0.1, -0.05) is 12.1 Å². The molecule has 1 aromatic carbocycles. The molecule has 0 aliphatic carbocycles. The monoisotopic (exact) mass is 383 g/mol. The summed E-state index contributed by atoms with van der Waals surface area (Å²) in [6.07, 6.45) is 2.91. The van der Waals surface area contributed by atoms with Crippen molar-refractivity contribution in [1.29, 1.82) is 0 Å².